The van der Waals surface area contributed by atoms with Crippen molar-refractivity contribution in [3.05, 3.63) is 0 Å². The van der Waals surface area contributed by atoms with Gasteiger partial charge < -0.3 is 10.0 Å². The fraction of sp³-hybridized carbons (Fsp3) is 0.833. The average molecular weight is 255 g/mol. The molecule has 2 aliphatic heterocycles. The highest BCUT2D eigenvalue weighted by Crippen LogP contribution is 2.26. The van der Waals surface area contributed by atoms with Crippen LogP contribution in [-0.4, -0.2) is 84.0 Å². The Morgan fingerprint density at radius 2 is 2.06 bits per heavy atom. The van der Waals surface area contributed by atoms with E-state index in [2.05, 4.69) is 0 Å². The number of likely N-dealkylation sites (N-methyl/N-ethyl adjacent to an activating group) is 2. The standard InChI is InChI=1S/C12H21N3O3/c1-13(2)6-8-4-9(16)7-15(8)10-5-11(17)14(3)12(10)18/h8-10,16H,4-7H2,1-3H3. The van der Waals surface area contributed by atoms with Gasteiger partial charge in [0, 0.05) is 26.2 Å². The quantitative estimate of drug-likeness (QED) is 0.638. The fourth-order valence-electron chi connectivity index (χ4n) is 2.89. The molecule has 0 spiro atoms. The predicted molar refractivity (Wildman–Crippen MR) is 65.9 cm³/mol. The third-order valence-electron chi connectivity index (χ3n) is 3.77. The molecule has 1 N–H and O–H groups in total. The summed E-state index contributed by atoms with van der Waals surface area (Å²) in [4.78, 5) is 28.8. The van der Waals surface area contributed by atoms with E-state index in [-0.39, 0.29) is 30.3 Å². The van der Waals surface area contributed by atoms with Gasteiger partial charge in [0.25, 0.3) is 0 Å². The van der Waals surface area contributed by atoms with E-state index < -0.39 is 6.10 Å². The summed E-state index contributed by atoms with van der Waals surface area (Å²) in [6.07, 6.45) is 0.509. The third-order valence-corrected chi connectivity index (χ3v) is 3.77. The van der Waals surface area contributed by atoms with Crippen LogP contribution in [0.3, 0.4) is 0 Å². The van der Waals surface area contributed by atoms with Crippen LogP contribution < -0.4 is 0 Å². The fourth-order valence-corrected chi connectivity index (χ4v) is 2.89. The number of β-amino-alcohol motifs (C(OH)–C–C–N with tert-alkyl or cyclic N) is 1. The molecule has 0 aromatic rings. The molecule has 3 unspecified atom stereocenters. The van der Waals surface area contributed by atoms with E-state index in [4.69, 9.17) is 0 Å². The topological polar surface area (TPSA) is 64.1 Å². The second-order valence-corrected chi connectivity index (χ2v) is 5.51. The van der Waals surface area contributed by atoms with Gasteiger partial charge in [-0.15, -0.1) is 0 Å². The molecule has 0 saturated carbocycles. The smallest absolute Gasteiger partial charge is 0.246 e. The van der Waals surface area contributed by atoms with Gasteiger partial charge in [0.1, 0.15) is 0 Å². The van der Waals surface area contributed by atoms with E-state index in [9.17, 15) is 14.7 Å². The van der Waals surface area contributed by atoms with Crippen molar-refractivity contribution in [2.24, 2.45) is 0 Å². The minimum atomic E-state index is -0.399. The van der Waals surface area contributed by atoms with Crippen molar-refractivity contribution in [1.29, 1.82) is 0 Å². The second kappa shape index (κ2) is 4.95. The number of aliphatic hydroxyl groups excluding tert-OH is 1. The predicted octanol–water partition coefficient (Wildman–Crippen LogP) is -1.26. The van der Waals surface area contributed by atoms with Gasteiger partial charge in [-0.3, -0.25) is 19.4 Å². The number of likely N-dealkylation sites (tertiary alicyclic amines) is 2. The highest BCUT2D eigenvalue weighted by atomic mass is 16.3. The van der Waals surface area contributed by atoms with Crippen LogP contribution in [0.1, 0.15) is 12.8 Å². The van der Waals surface area contributed by atoms with Gasteiger partial charge in [0.15, 0.2) is 0 Å². The second-order valence-electron chi connectivity index (χ2n) is 5.51. The maximum atomic E-state index is 12.0. The summed E-state index contributed by atoms with van der Waals surface area (Å²) in [5.74, 6) is -0.271. The summed E-state index contributed by atoms with van der Waals surface area (Å²) < 4.78 is 0. The number of aliphatic hydroxyl groups is 1. The molecule has 2 aliphatic rings. The van der Waals surface area contributed by atoms with Crippen molar-refractivity contribution in [3.63, 3.8) is 0 Å². The van der Waals surface area contributed by atoms with Crippen LogP contribution in [0.2, 0.25) is 0 Å². The van der Waals surface area contributed by atoms with Crippen molar-refractivity contribution < 1.29 is 14.7 Å². The summed E-state index contributed by atoms with van der Waals surface area (Å²) in [5, 5.41) is 9.79. The summed E-state index contributed by atoms with van der Waals surface area (Å²) in [5.41, 5.74) is 0. The van der Waals surface area contributed by atoms with Gasteiger partial charge in [0.2, 0.25) is 11.8 Å². The first-order valence-corrected chi connectivity index (χ1v) is 6.29. The number of amides is 2. The van der Waals surface area contributed by atoms with Gasteiger partial charge in [-0.05, 0) is 20.5 Å². The molecule has 2 amide bonds. The average Bonchev–Trinajstić information content (AvgIpc) is 2.73. The number of hydrogen-bond donors (Lipinski definition) is 1. The Balaban J connectivity index is 2.11. The van der Waals surface area contributed by atoms with Crippen molar-refractivity contribution in [2.45, 2.75) is 31.0 Å². The molecule has 2 saturated heterocycles. The van der Waals surface area contributed by atoms with Gasteiger partial charge in [-0.1, -0.05) is 0 Å². The van der Waals surface area contributed by atoms with E-state index in [0.29, 0.717) is 13.0 Å². The first-order valence-electron chi connectivity index (χ1n) is 6.29. The van der Waals surface area contributed by atoms with E-state index in [0.717, 1.165) is 6.54 Å². The van der Waals surface area contributed by atoms with Crippen LogP contribution in [-0.2, 0) is 9.59 Å². The number of nitrogens with zero attached hydrogens (tertiary/aromatic N) is 3. The van der Waals surface area contributed by atoms with E-state index >= 15 is 0 Å². The highest BCUT2D eigenvalue weighted by molar-refractivity contribution is 6.05. The van der Waals surface area contributed by atoms with Crippen molar-refractivity contribution >= 4 is 11.8 Å². The molecule has 18 heavy (non-hydrogen) atoms. The molecular formula is C12H21N3O3. The minimum absolute atomic E-state index is 0.130. The molecule has 6 nitrogen and oxygen atoms in total. The largest absolute Gasteiger partial charge is 0.392 e. The lowest BCUT2D eigenvalue weighted by atomic mass is 10.1. The lowest BCUT2D eigenvalue weighted by molar-refractivity contribution is -0.138. The number of imide groups is 1. The van der Waals surface area contributed by atoms with Gasteiger partial charge >= 0.3 is 0 Å². The molecule has 0 radical (unpaired) electrons. The first kappa shape index (κ1) is 13.5. The lowest BCUT2D eigenvalue weighted by Crippen LogP contribution is -2.47. The Morgan fingerprint density at radius 1 is 1.39 bits per heavy atom. The SMILES string of the molecule is CN(C)CC1CC(O)CN1C1CC(=O)N(C)C1=O. The number of hydrogen-bond acceptors (Lipinski definition) is 5. The first-order chi connectivity index (χ1) is 8.40. The zero-order valence-electron chi connectivity index (χ0n) is 11.2. The molecule has 0 bridgehead atoms. The number of carbonyl (C=O) groups is 2. The summed E-state index contributed by atoms with van der Waals surface area (Å²) in [6.45, 7) is 1.27. The summed E-state index contributed by atoms with van der Waals surface area (Å²) in [6, 6.07) is -0.243. The van der Waals surface area contributed by atoms with E-state index in [1.54, 1.807) is 0 Å². The summed E-state index contributed by atoms with van der Waals surface area (Å²) in [7, 11) is 5.46. The Labute approximate surface area is 107 Å². The van der Waals surface area contributed by atoms with Crippen LogP contribution >= 0.6 is 0 Å². The third kappa shape index (κ3) is 2.41. The monoisotopic (exact) mass is 255 g/mol. The highest BCUT2D eigenvalue weighted by Gasteiger charge is 2.45. The summed E-state index contributed by atoms with van der Waals surface area (Å²) >= 11 is 0. The maximum Gasteiger partial charge on any atom is 0.246 e. The van der Waals surface area contributed by atoms with Crippen LogP contribution in [0.15, 0.2) is 0 Å². The Kier molecular flexibility index (Phi) is 3.70. The van der Waals surface area contributed by atoms with Crippen LogP contribution in [0.5, 0.6) is 0 Å². The molecule has 2 rings (SSSR count). The minimum Gasteiger partial charge on any atom is -0.392 e. The van der Waals surface area contributed by atoms with Crippen molar-refractivity contribution in [3.8, 4) is 0 Å². The molecule has 3 atom stereocenters. The molecule has 2 fully saturated rings. The molecule has 102 valence electrons. The van der Waals surface area contributed by atoms with Gasteiger partial charge in [-0.25, -0.2) is 0 Å². The van der Waals surface area contributed by atoms with E-state index in [1.807, 2.05) is 23.9 Å². The molecule has 2 heterocycles. The zero-order chi connectivity index (χ0) is 13.4. The maximum absolute atomic E-state index is 12.0. The van der Waals surface area contributed by atoms with Gasteiger partial charge in [0.05, 0.1) is 18.6 Å². The normalized spacial score (nSPS) is 34.1. The number of rotatable bonds is 3. The molecule has 0 aromatic heterocycles. The molecule has 0 aliphatic carbocycles. The Hall–Kier alpha value is -0.980. The van der Waals surface area contributed by atoms with Crippen LogP contribution in [0, 0.1) is 0 Å². The lowest BCUT2D eigenvalue weighted by Gasteiger charge is -2.30. The molecule has 6 heteroatoms. The Bertz CT molecular complexity index is 358. The Morgan fingerprint density at radius 3 is 2.56 bits per heavy atom. The van der Waals surface area contributed by atoms with Crippen molar-refractivity contribution in [1.82, 2.24) is 14.7 Å². The molecule has 0 aromatic carbocycles. The van der Waals surface area contributed by atoms with Crippen LogP contribution in [0.25, 0.3) is 0 Å². The van der Waals surface area contributed by atoms with Crippen LogP contribution in [0.4, 0.5) is 0 Å². The molecular weight excluding hydrogens is 234 g/mol. The zero-order valence-corrected chi connectivity index (χ0v) is 11.2. The van der Waals surface area contributed by atoms with Gasteiger partial charge in [-0.2, -0.15) is 0 Å². The van der Waals surface area contributed by atoms with E-state index in [1.165, 1.54) is 11.9 Å². The van der Waals surface area contributed by atoms with Crippen molar-refractivity contribution in [2.75, 3.05) is 34.2 Å². The number of carbonyl (C=O) groups excluding carboxylic acids is 2.